The Labute approximate surface area is 110 Å². The normalized spacial score (nSPS) is 25.7. The van der Waals surface area contributed by atoms with E-state index in [1.807, 2.05) is 0 Å². The Kier molecular flexibility index (Phi) is 3.70. The van der Waals surface area contributed by atoms with E-state index < -0.39 is 5.97 Å². The first kappa shape index (κ1) is 13.8. The molecular weight excluding hydrogens is 228 g/mol. The maximum Gasteiger partial charge on any atom is 0.305 e. The van der Waals surface area contributed by atoms with Crippen LogP contribution in [0.1, 0.15) is 40.0 Å². The Hall–Kier alpha value is -0.610. The van der Waals surface area contributed by atoms with Crippen molar-refractivity contribution in [1.82, 2.24) is 10.2 Å². The van der Waals surface area contributed by atoms with Crippen LogP contribution in [0.15, 0.2) is 0 Å². The van der Waals surface area contributed by atoms with Crippen LogP contribution in [0.2, 0.25) is 0 Å². The quantitative estimate of drug-likeness (QED) is 0.802. The minimum atomic E-state index is -0.672. The molecule has 0 atom stereocenters. The van der Waals surface area contributed by atoms with E-state index in [0.717, 1.165) is 32.1 Å². The van der Waals surface area contributed by atoms with Crippen LogP contribution in [0, 0.1) is 11.3 Å². The van der Waals surface area contributed by atoms with Crippen LogP contribution < -0.4 is 5.32 Å². The molecule has 2 saturated heterocycles. The van der Waals surface area contributed by atoms with Gasteiger partial charge in [-0.25, -0.2) is 0 Å². The van der Waals surface area contributed by atoms with Gasteiger partial charge < -0.3 is 10.4 Å². The Morgan fingerprint density at radius 3 is 2.22 bits per heavy atom. The van der Waals surface area contributed by atoms with Crippen LogP contribution >= 0.6 is 0 Å². The molecule has 0 unspecified atom stereocenters. The lowest BCUT2D eigenvalue weighted by molar-refractivity contribution is -0.142. The van der Waals surface area contributed by atoms with E-state index in [1.165, 1.54) is 12.8 Å². The van der Waals surface area contributed by atoms with Crippen LogP contribution in [-0.2, 0) is 4.79 Å². The summed E-state index contributed by atoms with van der Waals surface area (Å²) in [5.41, 5.74) is 0.276. The predicted molar refractivity (Wildman–Crippen MR) is 71.6 cm³/mol. The second-order valence-electron chi connectivity index (χ2n) is 7.03. The third-order valence-electron chi connectivity index (χ3n) is 4.78. The largest absolute Gasteiger partial charge is 0.481 e. The second-order valence-corrected chi connectivity index (χ2v) is 7.03. The van der Waals surface area contributed by atoms with Crippen molar-refractivity contribution in [3.8, 4) is 0 Å². The van der Waals surface area contributed by atoms with Gasteiger partial charge in [-0.2, -0.15) is 0 Å². The average Bonchev–Trinajstić information content (AvgIpc) is 2.22. The van der Waals surface area contributed by atoms with E-state index in [9.17, 15) is 4.79 Å². The third kappa shape index (κ3) is 2.69. The summed E-state index contributed by atoms with van der Waals surface area (Å²) in [6, 6.07) is 0. The summed E-state index contributed by atoms with van der Waals surface area (Å²) in [5, 5.41) is 12.3. The van der Waals surface area contributed by atoms with Gasteiger partial charge in [-0.3, -0.25) is 9.69 Å². The molecule has 2 aliphatic heterocycles. The van der Waals surface area contributed by atoms with Crippen molar-refractivity contribution in [3.63, 3.8) is 0 Å². The minimum Gasteiger partial charge on any atom is -0.481 e. The van der Waals surface area contributed by atoms with Crippen LogP contribution in [0.3, 0.4) is 0 Å². The number of likely N-dealkylation sites (tertiary alicyclic amines) is 1. The molecule has 0 amide bonds. The summed E-state index contributed by atoms with van der Waals surface area (Å²) in [5.74, 6) is 0.0955. The molecule has 0 radical (unpaired) electrons. The number of hydrogen-bond acceptors (Lipinski definition) is 3. The number of carboxylic acid groups (broad SMARTS) is 1. The summed E-state index contributed by atoms with van der Waals surface area (Å²) in [6.07, 6.45) is 2.68. The molecule has 0 spiro atoms. The standard InChI is InChI=1S/C14H26N2O2/c1-13(2,3)11-4-6-16(7-5-11)14(8-12(17)18)9-15-10-14/h11,15H,4-10H2,1-3H3,(H,17,18). The average molecular weight is 254 g/mol. The first-order valence-electron chi connectivity index (χ1n) is 7.01. The van der Waals surface area contributed by atoms with Gasteiger partial charge in [0.15, 0.2) is 0 Å². The highest BCUT2D eigenvalue weighted by molar-refractivity contribution is 5.68. The molecule has 2 N–H and O–H groups in total. The first-order chi connectivity index (χ1) is 8.33. The van der Waals surface area contributed by atoms with E-state index >= 15 is 0 Å². The highest BCUT2D eigenvalue weighted by atomic mass is 16.4. The first-order valence-corrected chi connectivity index (χ1v) is 7.01. The number of carbonyl (C=O) groups is 1. The third-order valence-corrected chi connectivity index (χ3v) is 4.78. The maximum atomic E-state index is 11.0. The number of piperidine rings is 1. The minimum absolute atomic E-state index is 0.102. The van der Waals surface area contributed by atoms with Crippen molar-refractivity contribution in [2.24, 2.45) is 11.3 Å². The fraction of sp³-hybridized carbons (Fsp3) is 0.929. The summed E-state index contributed by atoms with van der Waals surface area (Å²) in [7, 11) is 0. The lowest BCUT2D eigenvalue weighted by atomic mass is 9.74. The number of nitrogens with one attached hydrogen (secondary N) is 1. The van der Waals surface area contributed by atoms with Crippen molar-refractivity contribution >= 4 is 5.97 Å². The molecule has 0 aromatic carbocycles. The van der Waals surface area contributed by atoms with Crippen LogP contribution in [0.4, 0.5) is 0 Å². The molecule has 0 aromatic heterocycles. The molecule has 0 bridgehead atoms. The lowest BCUT2D eigenvalue weighted by Crippen LogP contribution is -2.70. The molecule has 2 fully saturated rings. The number of hydrogen-bond donors (Lipinski definition) is 2. The maximum absolute atomic E-state index is 11.0. The summed E-state index contributed by atoms with van der Waals surface area (Å²) < 4.78 is 0. The molecule has 2 rings (SSSR count). The Bertz CT molecular complexity index is 310. The predicted octanol–water partition coefficient (Wildman–Crippen LogP) is 1.56. The fourth-order valence-electron chi connectivity index (χ4n) is 3.38. The second kappa shape index (κ2) is 4.82. The van der Waals surface area contributed by atoms with Crippen LogP contribution in [0.25, 0.3) is 0 Å². The lowest BCUT2D eigenvalue weighted by Gasteiger charge is -2.53. The van der Waals surface area contributed by atoms with Crippen molar-refractivity contribution in [1.29, 1.82) is 0 Å². The van der Waals surface area contributed by atoms with Gasteiger partial charge in [0, 0.05) is 13.1 Å². The number of carboxylic acids is 1. The smallest absolute Gasteiger partial charge is 0.305 e. The molecule has 0 aliphatic carbocycles. The number of rotatable bonds is 3. The van der Waals surface area contributed by atoms with Crippen molar-refractivity contribution in [3.05, 3.63) is 0 Å². The molecule has 0 saturated carbocycles. The highest BCUT2D eigenvalue weighted by Gasteiger charge is 2.45. The Balaban J connectivity index is 1.94. The molecule has 2 aliphatic rings. The molecule has 4 heteroatoms. The van der Waals surface area contributed by atoms with E-state index in [-0.39, 0.29) is 12.0 Å². The van der Waals surface area contributed by atoms with Crippen LogP contribution in [-0.4, -0.2) is 47.7 Å². The molecular formula is C14H26N2O2. The van der Waals surface area contributed by atoms with E-state index in [1.54, 1.807) is 0 Å². The van der Waals surface area contributed by atoms with E-state index in [2.05, 4.69) is 31.0 Å². The summed E-state index contributed by atoms with van der Waals surface area (Å²) >= 11 is 0. The highest BCUT2D eigenvalue weighted by Crippen LogP contribution is 2.37. The zero-order valence-electron chi connectivity index (χ0n) is 11.8. The molecule has 4 nitrogen and oxygen atoms in total. The fourth-order valence-corrected chi connectivity index (χ4v) is 3.38. The zero-order valence-corrected chi connectivity index (χ0v) is 11.8. The molecule has 2 heterocycles. The van der Waals surface area contributed by atoms with Crippen molar-refractivity contribution < 1.29 is 9.90 Å². The SMILES string of the molecule is CC(C)(C)C1CCN(C2(CC(=O)O)CNC2)CC1. The number of nitrogens with zero attached hydrogens (tertiary/aromatic N) is 1. The Morgan fingerprint density at radius 2 is 1.89 bits per heavy atom. The van der Waals surface area contributed by atoms with Gasteiger partial charge in [0.1, 0.15) is 0 Å². The summed E-state index contributed by atoms with van der Waals surface area (Å²) in [4.78, 5) is 13.4. The van der Waals surface area contributed by atoms with Crippen molar-refractivity contribution in [2.75, 3.05) is 26.2 Å². The Morgan fingerprint density at radius 1 is 1.33 bits per heavy atom. The van der Waals surface area contributed by atoms with Crippen molar-refractivity contribution in [2.45, 2.75) is 45.6 Å². The van der Waals surface area contributed by atoms with Gasteiger partial charge in [-0.1, -0.05) is 20.8 Å². The monoisotopic (exact) mass is 254 g/mol. The van der Waals surface area contributed by atoms with E-state index in [0.29, 0.717) is 5.41 Å². The van der Waals surface area contributed by atoms with Gasteiger partial charge in [-0.15, -0.1) is 0 Å². The van der Waals surface area contributed by atoms with Gasteiger partial charge in [0.25, 0.3) is 0 Å². The van der Waals surface area contributed by atoms with Gasteiger partial charge >= 0.3 is 5.97 Å². The number of aliphatic carboxylic acids is 1. The molecule has 18 heavy (non-hydrogen) atoms. The van der Waals surface area contributed by atoms with Gasteiger partial charge in [0.2, 0.25) is 0 Å². The van der Waals surface area contributed by atoms with E-state index in [4.69, 9.17) is 5.11 Å². The van der Waals surface area contributed by atoms with Gasteiger partial charge in [-0.05, 0) is 37.3 Å². The zero-order chi connectivity index (χ0) is 13.4. The molecule has 104 valence electrons. The topological polar surface area (TPSA) is 52.6 Å². The van der Waals surface area contributed by atoms with Gasteiger partial charge in [0.05, 0.1) is 12.0 Å². The van der Waals surface area contributed by atoms with Crippen LogP contribution in [0.5, 0.6) is 0 Å². The molecule has 0 aromatic rings. The summed E-state index contributed by atoms with van der Waals surface area (Å²) in [6.45, 7) is 10.7.